The van der Waals surface area contributed by atoms with Crippen molar-refractivity contribution in [2.45, 2.75) is 13.8 Å². The molecule has 0 unspecified atom stereocenters. The Balaban J connectivity index is 2.24. The molecule has 2 aromatic rings. The molecular formula is C19H21NO3. The van der Waals surface area contributed by atoms with Crippen molar-refractivity contribution < 1.29 is 14.6 Å². The van der Waals surface area contributed by atoms with E-state index in [4.69, 9.17) is 4.74 Å². The fourth-order valence-electron chi connectivity index (χ4n) is 2.17. The van der Waals surface area contributed by atoms with E-state index in [-0.39, 0.29) is 11.5 Å². The molecular weight excluding hydrogens is 290 g/mol. The summed E-state index contributed by atoms with van der Waals surface area (Å²) >= 11 is 0. The molecule has 2 aromatic carbocycles. The highest BCUT2D eigenvalue weighted by Gasteiger charge is 2.07. The van der Waals surface area contributed by atoms with Crippen LogP contribution in [0, 0.1) is 6.92 Å². The smallest absolute Gasteiger partial charge is 0.185 e. The van der Waals surface area contributed by atoms with Gasteiger partial charge in [-0.2, -0.15) is 0 Å². The van der Waals surface area contributed by atoms with Crippen LogP contribution in [0.2, 0.25) is 0 Å². The number of hydrogen-bond acceptors (Lipinski definition) is 4. The van der Waals surface area contributed by atoms with Crippen molar-refractivity contribution in [2.24, 2.45) is 0 Å². The van der Waals surface area contributed by atoms with E-state index in [0.717, 1.165) is 16.8 Å². The molecule has 0 aromatic heterocycles. The molecule has 0 saturated heterocycles. The summed E-state index contributed by atoms with van der Waals surface area (Å²) in [5.41, 5.74) is 3.08. The number of phenolic OH excluding ortho intramolecular Hbond substituents is 1. The van der Waals surface area contributed by atoms with Gasteiger partial charge in [-0.25, -0.2) is 0 Å². The van der Waals surface area contributed by atoms with E-state index in [2.05, 4.69) is 5.32 Å². The topological polar surface area (TPSA) is 58.6 Å². The number of rotatable bonds is 6. The number of phenols is 1. The molecule has 0 fully saturated rings. The fourth-order valence-corrected chi connectivity index (χ4v) is 2.17. The molecule has 0 atom stereocenters. The summed E-state index contributed by atoms with van der Waals surface area (Å²) in [6.45, 7) is 4.17. The molecule has 0 heterocycles. The van der Waals surface area contributed by atoms with E-state index < -0.39 is 0 Å². The zero-order valence-electron chi connectivity index (χ0n) is 13.6. The van der Waals surface area contributed by atoms with Crippen LogP contribution in [0.5, 0.6) is 11.5 Å². The number of anilines is 1. The second kappa shape index (κ2) is 7.49. The van der Waals surface area contributed by atoms with Crippen LogP contribution in [0.3, 0.4) is 0 Å². The van der Waals surface area contributed by atoms with Crippen LogP contribution in [-0.2, 0) is 0 Å². The average molecular weight is 311 g/mol. The third-order valence-corrected chi connectivity index (χ3v) is 3.50. The minimum Gasteiger partial charge on any atom is -0.508 e. The van der Waals surface area contributed by atoms with Crippen molar-refractivity contribution in [3.63, 3.8) is 0 Å². The Morgan fingerprint density at radius 2 is 1.96 bits per heavy atom. The molecule has 0 amide bonds. The molecule has 0 spiro atoms. The molecule has 0 bridgehead atoms. The first kappa shape index (κ1) is 16.6. The Morgan fingerprint density at radius 1 is 1.26 bits per heavy atom. The number of carbonyl (C=O) groups excluding carboxylic acids is 1. The van der Waals surface area contributed by atoms with Gasteiger partial charge in [0, 0.05) is 29.9 Å². The predicted molar refractivity (Wildman–Crippen MR) is 93.4 cm³/mol. The number of ketones is 1. The third kappa shape index (κ3) is 4.13. The molecule has 0 aliphatic rings. The van der Waals surface area contributed by atoms with E-state index in [9.17, 15) is 9.90 Å². The van der Waals surface area contributed by atoms with Gasteiger partial charge in [0.1, 0.15) is 11.5 Å². The monoisotopic (exact) mass is 311 g/mol. The Labute approximate surface area is 136 Å². The molecule has 4 heteroatoms. The minimum atomic E-state index is -0.0826. The number of hydrogen-bond donors (Lipinski definition) is 2. The summed E-state index contributed by atoms with van der Waals surface area (Å²) in [5.74, 6) is 0.658. The van der Waals surface area contributed by atoms with Crippen molar-refractivity contribution in [1.29, 1.82) is 0 Å². The van der Waals surface area contributed by atoms with Crippen molar-refractivity contribution in [3.05, 3.63) is 59.2 Å². The minimum absolute atomic E-state index is 0.0826. The number of aromatic hydroxyl groups is 1. The first-order chi connectivity index (χ1) is 11.0. The fraction of sp³-hybridized carbons (Fsp3) is 0.211. The van der Waals surface area contributed by atoms with E-state index >= 15 is 0 Å². The first-order valence-corrected chi connectivity index (χ1v) is 7.51. The Bertz CT molecular complexity index is 718. The maximum Gasteiger partial charge on any atom is 0.185 e. The standard InChI is InChI=1S/C19H21NO3/c1-4-23-19-12-18(22)13(2)11-15(19)7-10-17(21)14-5-8-16(20-3)9-6-14/h5-12,20,22H,4H2,1-3H3/b10-7+. The molecule has 0 radical (unpaired) electrons. The summed E-state index contributed by atoms with van der Waals surface area (Å²) < 4.78 is 5.51. The van der Waals surface area contributed by atoms with Crippen molar-refractivity contribution in [3.8, 4) is 11.5 Å². The average Bonchev–Trinajstić information content (AvgIpc) is 2.56. The van der Waals surface area contributed by atoms with Crippen molar-refractivity contribution >= 4 is 17.5 Å². The lowest BCUT2D eigenvalue weighted by molar-refractivity contribution is 0.104. The third-order valence-electron chi connectivity index (χ3n) is 3.50. The lowest BCUT2D eigenvalue weighted by Gasteiger charge is -2.09. The van der Waals surface area contributed by atoms with Crippen LogP contribution < -0.4 is 10.1 Å². The Kier molecular flexibility index (Phi) is 5.41. The summed E-state index contributed by atoms with van der Waals surface area (Å²) in [5, 5.41) is 12.8. The molecule has 120 valence electrons. The maximum atomic E-state index is 12.2. The highest BCUT2D eigenvalue weighted by molar-refractivity contribution is 6.07. The van der Waals surface area contributed by atoms with Gasteiger partial charge < -0.3 is 15.2 Å². The molecule has 0 saturated carbocycles. The first-order valence-electron chi connectivity index (χ1n) is 7.51. The lowest BCUT2D eigenvalue weighted by atomic mass is 10.1. The van der Waals surface area contributed by atoms with E-state index in [1.807, 2.05) is 26.1 Å². The number of benzene rings is 2. The van der Waals surface area contributed by atoms with Crippen molar-refractivity contribution in [1.82, 2.24) is 0 Å². The summed E-state index contributed by atoms with van der Waals surface area (Å²) in [7, 11) is 1.83. The van der Waals surface area contributed by atoms with E-state index in [1.54, 1.807) is 37.3 Å². The predicted octanol–water partition coefficient (Wildman–Crippen LogP) is 4.04. The van der Waals surface area contributed by atoms with Crippen molar-refractivity contribution in [2.75, 3.05) is 19.0 Å². The van der Waals surface area contributed by atoms with Gasteiger partial charge in [-0.3, -0.25) is 4.79 Å². The number of nitrogens with one attached hydrogen (secondary N) is 1. The van der Waals surface area contributed by atoms with Gasteiger partial charge in [-0.15, -0.1) is 0 Å². The SMILES string of the molecule is CCOc1cc(O)c(C)cc1/C=C/C(=O)c1ccc(NC)cc1. The van der Waals surface area contributed by atoms with Crippen LogP contribution in [0.4, 0.5) is 5.69 Å². The van der Waals surface area contributed by atoms with Gasteiger partial charge >= 0.3 is 0 Å². The number of allylic oxidation sites excluding steroid dienone is 1. The summed E-state index contributed by atoms with van der Waals surface area (Å²) in [4.78, 5) is 12.2. The van der Waals surface area contributed by atoms with Gasteiger partial charge in [0.2, 0.25) is 0 Å². The highest BCUT2D eigenvalue weighted by Crippen LogP contribution is 2.29. The Morgan fingerprint density at radius 3 is 2.57 bits per heavy atom. The second-order valence-electron chi connectivity index (χ2n) is 5.13. The van der Waals surface area contributed by atoms with Crippen LogP contribution in [0.25, 0.3) is 6.08 Å². The molecule has 23 heavy (non-hydrogen) atoms. The Hall–Kier alpha value is -2.75. The normalized spacial score (nSPS) is 10.7. The summed E-state index contributed by atoms with van der Waals surface area (Å²) in [6.07, 6.45) is 3.23. The number of aryl methyl sites for hydroxylation is 1. The molecule has 2 rings (SSSR count). The van der Waals surface area contributed by atoms with Gasteiger partial charge in [-0.05, 0) is 61.9 Å². The zero-order valence-corrected chi connectivity index (χ0v) is 13.6. The van der Waals surface area contributed by atoms with Crippen LogP contribution in [0.15, 0.2) is 42.5 Å². The molecule has 0 aliphatic heterocycles. The highest BCUT2D eigenvalue weighted by atomic mass is 16.5. The van der Waals surface area contributed by atoms with Gasteiger partial charge in [-0.1, -0.05) is 0 Å². The van der Waals surface area contributed by atoms with E-state index in [1.165, 1.54) is 6.08 Å². The van der Waals surface area contributed by atoms with Crippen LogP contribution in [-0.4, -0.2) is 24.5 Å². The number of carbonyl (C=O) groups is 1. The molecule has 2 N–H and O–H groups in total. The second-order valence-corrected chi connectivity index (χ2v) is 5.13. The van der Waals surface area contributed by atoms with E-state index in [0.29, 0.717) is 17.9 Å². The quantitative estimate of drug-likeness (QED) is 0.624. The zero-order chi connectivity index (χ0) is 16.8. The summed E-state index contributed by atoms with van der Waals surface area (Å²) in [6, 6.07) is 10.7. The van der Waals surface area contributed by atoms with Gasteiger partial charge in [0.15, 0.2) is 5.78 Å². The number of ether oxygens (including phenoxy) is 1. The maximum absolute atomic E-state index is 12.2. The van der Waals surface area contributed by atoms with Crippen LogP contribution in [0.1, 0.15) is 28.4 Å². The largest absolute Gasteiger partial charge is 0.508 e. The van der Waals surface area contributed by atoms with Crippen LogP contribution >= 0.6 is 0 Å². The van der Waals surface area contributed by atoms with Gasteiger partial charge in [0.05, 0.1) is 6.61 Å². The lowest BCUT2D eigenvalue weighted by Crippen LogP contribution is -1.97. The molecule has 0 aliphatic carbocycles. The van der Waals surface area contributed by atoms with Gasteiger partial charge in [0.25, 0.3) is 0 Å². The molecule has 4 nitrogen and oxygen atoms in total.